The third kappa shape index (κ3) is 2.94. The van der Waals surface area contributed by atoms with Crippen molar-refractivity contribution in [1.29, 1.82) is 0 Å². The molecule has 4 heteroatoms. The predicted molar refractivity (Wildman–Crippen MR) is 72.0 cm³/mol. The Balaban J connectivity index is 2.17. The quantitative estimate of drug-likeness (QED) is 0.860. The second-order valence-corrected chi connectivity index (χ2v) is 4.76. The lowest BCUT2D eigenvalue weighted by molar-refractivity contribution is 0.100. The Kier molecular flexibility index (Phi) is 4.07. The van der Waals surface area contributed by atoms with Crippen LogP contribution in [-0.2, 0) is 0 Å². The summed E-state index contributed by atoms with van der Waals surface area (Å²) in [5, 5.41) is 3.46. The molecule has 1 aliphatic rings. The number of amides is 1. The number of nitrogens with one attached hydrogen (secondary N) is 1. The van der Waals surface area contributed by atoms with Crippen molar-refractivity contribution in [3.05, 3.63) is 23.8 Å². The Morgan fingerprint density at radius 3 is 2.67 bits per heavy atom. The third-order valence-corrected chi connectivity index (χ3v) is 3.45. The molecule has 0 atom stereocenters. The van der Waals surface area contributed by atoms with Crippen LogP contribution in [0.25, 0.3) is 0 Å². The van der Waals surface area contributed by atoms with E-state index >= 15 is 0 Å². The van der Waals surface area contributed by atoms with Crippen molar-refractivity contribution < 1.29 is 9.53 Å². The van der Waals surface area contributed by atoms with Crippen LogP contribution in [0, 0.1) is 0 Å². The van der Waals surface area contributed by atoms with Crippen LogP contribution in [0.15, 0.2) is 18.2 Å². The van der Waals surface area contributed by atoms with Crippen LogP contribution < -0.4 is 15.8 Å². The number of ether oxygens (including phenoxy) is 1. The molecule has 0 radical (unpaired) electrons. The number of carbonyl (C=O) groups is 1. The lowest BCUT2D eigenvalue weighted by Crippen LogP contribution is -2.23. The lowest BCUT2D eigenvalue weighted by atomic mass is 9.95. The Hall–Kier alpha value is -1.71. The van der Waals surface area contributed by atoms with E-state index in [2.05, 4.69) is 5.32 Å². The van der Waals surface area contributed by atoms with Gasteiger partial charge in [-0.05, 0) is 31.0 Å². The smallest absolute Gasteiger partial charge is 0.248 e. The number of hydrogen-bond acceptors (Lipinski definition) is 3. The molecule has 3 N–H and O–H groups in total. The molecule has 1 saturated carbocycles. The molecule has 1 fully saturated rings. The molecule has 4 nitrogen and oxygen atoms in total. The van der Waals surface area contributed by atoms with Crippen LogP contribution in [-0.4, -0.2) is 19.1 Å². The van der Waals surface area contributed by atoms with Crippen molar-refractivity contribution in [2.75, 3.05) is 12.4 Å². The van der Waals surface area contributed by atoms with Gasteiger partial charge in [0.25, 0.3) is 0 Å². The van der Waals surface area contributed by atoms with E-state index in [9.17, 15) is 4.79 Å². The summed E-state index contributed by atoms with van der Waals surface area (Å²) < 4.78 is 5.31. The minimum atomic E-state index is -0.413. The van der Waals surface area contributed by atoms with Gasteiger partial charge >= 0.3 is 0 Å². The van der Waals surface area contributed by atoms with Gasteiger partial charge in [-0.1, -0.05) is 19.3 Å². The topological polar surface area (TPSA) is 64.3 Å². The number of primary amides is 1. The van der Waals surface area contributed by atoms with Gasteiger partial charge < -0.3 is 15.8 Å². The van der Waals surface area contributed by atoms with E-state index in [1.807, 2.05) is 0 Å². The predicted octanol–water partition coefficient (Wildman–Crippen LogP) is 2.54. The zero-order valence-electron chi connectivity index (χ0n) is 10.7. The number of methoxy groups -OCH3 is 1. The van der Waals surface area contributed by atoms with Gasteiger partial charge in [0.2, 0.25) is 5.91 Å². The molecule has 0 aliphatic heterocycles. The standard InChI is InChI=1S/C14H20N2O2/c1-18-13-8-7-10(14(15)17)9-12(13)16-11-5-3-2-4-6-11/h7-9,11,16H,2-6H2,1H3,(H2,15,17). The zero-order valence-corrected chi connectivity index (χ0v) is 10.7. The SMILES string of the molecule is COc1ccc(C(N)=O)cc1NC1CCCCC1. The van der Waals surface area contributed by atoms with Crippen molar-refractivity contribution >= 4 is 11.6 Å². The summed E-state index contributed by atoms with van der Waals surface area (Å²) in [7, 11) is 1.63. The average Bonchev–Trinajstić information content (AvgIpc) is 2.39. The zero-order chi connectivity index (χ0) is 13.0. The molecule has 0 unspecified atom stereocenters. The largest absolute Gasteiger partial charge is 0.495 e. The minimum absolute atomic E-state index is 0.413. The van der Waals surface area contributed by atoms with E-state index in [1.165, 1.54) is 32.1 Å². The molecule has 0 bridgehead atoms. The summed E-state index contributed by atoms with van der Waals surface area (Å²) in [5.74, 6) is 0.343. The fourth-order valence-electron chi connectivity index (χ4n) is 2.44. The van der Waals surface area contributed by atoms with E-state index in [0.717, 1.165) is 11.4 Å². The fourth-order valence-corrected chi connectivity index (χ4v) is 2.44. The Morgan fingerprint density at radius 1 is 1.33 bits per heavy atom. The van der Waals surface area contributed by atoms with Gasteiger partial charge in [0.05, 0.1) is 12.8 Å². The van der Waals surface area contributed by atoms with Crippen LogP contribution in [0.2, 0.25) is 0 Å². The molecular weight excluding hydrogens is 228 g/mol. The Morgan fingerprint density at radius 2 is 2.06 bits per heavy atom. The normalized spacial score (nSPS) is 16.3. The summed E-state index contributed by atoms with van der Waals surface area (Å²) in [6, 6.07) is 5.71. The van der Waals surface area contributed by atoms with Crippen LogP contribution in [0.3, 0.4) is 0 Å². The number of hydrogen-bond donors (Lipinski definition) is 2. The Labute approximate surface area is 108 Å². The van der Waals surface area contributed by atoms with E-state index in [1.54, 1.807) is 25.3 Å². The monoisotopic (exact) mass is 248 g/mol. The minimum Gasteiger partial charge on any atom is -0.495 e. The maximum absolute atomic E-state index is 11.2. The van der Waals surface area contributed by atoms with Crippen LogP contribution >= 0.6 is 0 Å². The highest BCUT2D eigenvalue weighted by Crippen LogP contribution is 2.29. The number of anilines is 1. The highest BCUT2D eigenvalue weighted by molar-refractivity contribution is 5.94. The summed E-state index contributed by atoms with van der Waals surface area (Å²) in [6.07, 6.45) is 6.18. The maximum atomic E-state index is 11.2. The second-order valence-electron chi connectivity index (χ2n) is 4.76. The summed E-state index contributed by atoms with van der Waals surface area (Å²) in [6.45, 7) is 0. The highest BCUT2D eigenvalue weighted by atomic mass is 16.5. The van der Waals surface area contributed by atoms with E-state index in [0.29, 0.717) is 11.6 Å². The van der Waals surface area contributed by atoms with Gasteiger partial charge in [-0.15, -0.1) is 0 Å². The number of nitrogens with two attached hydrogens (primary N) is 1. The molecular formula is C14H20N2O2. The number of carbonyl (C=O) groups excluding carboxylic acids is 1. The van der Waals surface area contributed by atoms with Crippen molar-refractivity contribution in [1.82, 2.24) is 0 Å². The first kappa shape index (κ1) is 12.7. The van der Waals surface area contributed by atoms with Gasteiger partial charge in [-0.2, -0.15) is 0 Å². The fraction of sp³-hybridized carbons (Fsp3) is 0.500. The van der Waals surface area contributed by atoms with Crippen LogP contribution in [0.1, 0.15) is 42.5 Å². The summed E-state index contributed by atoms with van der Waals surface area (Å²) in [5.41, 5.74) is 6.67. The molecule has 98 valence electrons. The molecule has 1 aromatic carbocycles. The van der Waals surface area contributed by atoms with Gasteiger partial charge in [-0.3, -0.25) is 4.79 Å². The summed E-state index contributed by atoms with van der Waals surface area (Å²) in [4.78, 5) is 11.2. The van der Waals surface area contributed by atoms with E-state index in [-0.39, 0.29) is 0 Å². The van der Waals surface area contributed by atoms with Crippen LogP contribution in [0.4, 0.5) is 5.69 Å². The van der Waals surface area contributed by atoms with Crippen LogP contribution in [0.5, 0.6) is 5.75 Å². The van der Waals surface area contributed by atoms with Crippen molar-refractivity contribution in [2.45, 2.75) is 38.1 Å². The second kappa shape index (κ2) is 5.76. The molecule has 2 rings (SSSR count). The number of benzene rings is 1. The first-order valence-electron chi connectivity index (χ1n) is 6.45. The van der Waals surface area contributed by atoms with E-state index < -0.39 is 5.91 Å². The average molecular weight is 248 g/mol. The van der Waals surface area contributed by atoms with Gasteiger partial charge in [-0.25, -0.2) is 0 Å². The molecule has 0 spiro atoms. The first-order chi connectivity index (χ1) is 8.70. The summed E-state index contributed by atoms with van der Waals surface area (Å²) >= 11 is 0. The molecule has 0 aromatic heterocycles. The van der Waals surface area contributed by atoms with E-state index in [4.69, 9.17) is 10.5 Å². The molecule has 18 heavy (non-hydrogen) atoms. The first-order valence-corrected chi connectivity index (χ1v) is 6.45. The number of rotatable bonds is 4. The molecule has 0 heterocycles. The molecule has 1 amide bonds. The van der Waals surface area contributed by atoms with Gasteiger partial charge in [0.15, 0.2) is 0 Å². The molecule has 1 aromatic rings. The highest BCUT2D eigenvalue weighted by Gasteiger charge is 2.15. The third-order valence-electron chi connectivity index (χ3n) is 3.45. The lowest BCUT2D eigenvalue weighted by Gasteiger charge is -2.25. The van der Waals surface area contributed by atoms with Crippen molar-refractivity contribution in [3.8, 4) is 5.75 Å². The Bertz CT molecular complexity index is 426. The van der Waals surface area contributed by atoms with Crippen molar-refractivity contribution in [3.63, 3.8) is 0 Å². The molecule has 1 aliphatic carbocycles. The maximum Gasteiger partial charge on any atom is 0.248 e. The van der Waals surface area contributed by atoms with Gasteiger partial charge in [0, 0.05) is 11.6 Å². The van der Waals surface area contributed by atoms with Gasteiger partial charge in [0.1, 0.15) is 5.75 Å². The molecule has 0 saturated heterocycles. The van der Waals surface area contributed by atoms with Crippen molar-refractivity contribution in [2.24, 2.45) is 5.73 Å².